The summed E-state index contributed by atoms with van der Waals surface area (Å²) in [6, 6.07) is 0. The zero-order valence-corrected chi connectivity index (χ0v) is 11.0. The second-order valence-electron chi connectivity index (χ2n) is 3.87. The van der Waals surface area contributed by atoms with E-state index in [9.17, 15) is 13.6 Å². The molecule has 104 valence electrons. The van der Waals surface area contributed by atoms with Crippen molar-refractivity contribution in [1.82, 2.24) is 9.55 Å². The molecule has 3 unspecified atom stereocenters. The van der Waals surface area contributed by atoms with Crippen LogP contribution in [0.15, 0.2) is 27.4 Å². The van der Waals surface area contributed by atoms with Gasteiger partial charge in [0.05, 0.1) is 17.4 Å². The van der Waals surface area contributed by atoms with Crippen LogP contribution >= 0.6 is 15.9 Å². The molecule has 1 aliphatic rings. The molecular weight excluding hydrogens is 328 g/mol. The number of anilines is 1. The highest BCUT2D eigenvalue weighted by atomic mass is 79.9. The van der Waals surface area contributed by atoms with Gasteiger partial charge in [0.1, 0.15) is 11.9 Å². The average molecular weight is 338 g/mol. The molecule has 1 aromatic rings. The Morgan fingerprint density at radius 3 is 2.89 bits per heavy atom. The lowest BCUT2D eigenvalue weighted by Gasteiger charge is -2.16. The van der Waals surface area contributed by atoms with Gasteiger partial charge in [0, 0.05) is 11.8 Å². The number of aliphatic hydroxyl groups is 1. The van der Waals surface area contributed by atoms with Crippen LogP contribution < -0.4 is 11.4 Å². The first-order valence-corrected chi connectivity index (χ1v) is 6.03. The van der Waals surface area contributed by atoms with E-state index in [1.807, 2.05) is 0 Å². The number of ether oxygens (including phenoxy) is 1. The lowest BCUT2D eigenvalue weighted by atomic mass is 10.1. The summed E-state index contributed by atoms with van der Waals surface area (Å²) in [5.41, 5.74) is 4.23. The highest BCUT2D eigenvalue weighted by molar-refractivity contribution is 9.10. The normalized spacial score (nSPS) is 29.1. The lowest BCUT2D eigenvalue weighted by Crippen LogP contribution is -2.31. The molecule has 3 N–H and O–H groups in total. The van der Waals surface area contributed by atoms with Gasteiger partial charge >= 0.3 is 5.69 Å². The van der Waals surface area contributed by atoms with E-state index in [4.69, 9.17) is 15.6 Å². The summed E-state index contributed by atoms with van der Waals surface area (Å²) in [5, 5.41) is 8.99. The SMILES string of the molecule is Nc1nc(=O)n(C2OC(CO)/C(=C/F)C2F)cc1Br. The Kier molecular flexibility index (Phi) is 3.97. The zero-order valence-electron chi connectivity index (χ0n) is 9.46. The zero-order chi connectivity index (χ0) is 14.2. The first-order valence-electron chi connectivity index (χ1n) is 5.24. The Morgan fingerprint density at radius 1 is 1.68 bits per heavy atom. The van der Waals surface area contributed by atoms with Crippen molar-refractivity contribution < 1.29 is 18.6 Å². The van der Waals surface area contributed by atoms with Crippen molar-refractivity contribution in [3.8, 4) is 0 Å². The van der Waals surface area contributed by atoms with E-state index in [-0.39, 0.29) is 22.2 Å². The molecule has 0 radical (unpaired) electrons. The van der Waals surface area contributed by atoms with Crippen LogP contribution in [-0.2, 0) is 4.74 Å². The first kappa shape index (κ1) is 14.1. The van der Waals surface area contributed by atoms with E-state index < -0.39 is 30.8 Å². The van der Waals surface area contributed by atoms with Gasteiger partial charge in [-0.1, -0.05) is 0 Å². The predicted molar refractivity (Wildman–Crippen MR) is 65.7 cm³/mol. The molecule has 2 rings (SSSR count). The van der Waals surface area contributed by atoms with Gasteiger partial charge in [-0.3, -0.25) is 4.57 Å². The number of alkyl halides is 1. The Bertz CT molecular complexity index is 578. The number of hydrogen-bond acceptors (Lipinski definition) is 5. The van der Waals surface area contributed by atoms with E-state index >= 15 is 0 Å². The molecule has 6 nitrogen and oxygen atoms in total. The molecule has 1 aromatic heterocycles. The van der Waals surface area contributed by atoms with Crippen LogP contribution in [0.4, 0.5) is 14.6 Å². The van der Waals surface area contributed by atoms with Crippen LogP contribution in [0, 0.1) is 0 Å². The van der Waals surface area contributed by atoms with Gasteiger partial charge in [0.25, 0.3) is 0 Å². The molecule has 1 fully saturated rings. The minimum absolute atomic E-state index is 0.0381. The Morgan fingerprint density at radius 2 is 2.37 bits per heavy atom. The predicted octanol–water partition coefficient (Wildman–Crippen LogP) is 0.669. The Balaban J connectivity index is 2.44. The molecule has 0 amide bonds. The maximum absolute atomic E-state index is 14.0. The summed E-state index contributed by atoms with van der Waals surface area (Å²) in [5.74, 6) is -0.0466. The summed E-state index contributed by atoms with van der Waals surface area (Å²) in [7, 11) is 0. The third kappa shape index (κ3) is 2.40. The molecule has 1 saturated heterocycles. The molecule has 19 heavy (non-hydrogen) atoms. The summed E-state index contributed by atoms with van der Waals surface area (Å²) < 4.78 is 32.8. The highest BCUT2D eigenvalue weighted by Crippen LogP contribution is 2.35. The summed E-state index contributed by atoms with van der Waals surface area (Å²) in [6.45, 7) is -0.592. The second-order valence-corrected chi connectivity index (χ2v) is 4.73. The molecule has 0 aromatic carbocycles. The van der Waals surface area contributed by atoms with Gasteiger partial charge in [0.2, 0.25) is 0 Å². The third-order valence-electron chi connectivity index (χ3n) is 2.74. The molecule has 2 heterocycles. The molecule has 1 aliphatic heterocycles. The topological polar surface area (TPSA) is 90.4 Å². The van der Waals surface area contributed by atoms with Crippen molar-refractivity contribution in [2.75, 3.05) is 12.3 Å². The fraction of sp³-hybridized carbons (Fsp3) is 0.400. The number of nitrogen functional groups attached to an aromatic ring is 1. The molecule has 0 bridgehead atoms. The standard InChI is InChI=1S/C10H10BrF2N3O3/c11-5-2-16(10(18)15-8(5)14)9-7(13)4(1-12)6(3-17)19-9/h1-2,6-7,9,17H,3H2,(H2,14,15,18)/b4-1-. The first-order chi connectivity index (χ1) is 8.99. The van der Waals surface area contributed by atoms with Crippen LogP contribution in [0.5, 0.6) is 0 Å². The van der Waals surface area contributed by atoms with E-state index in [1.54, 1.807) is 0 Å². The van der Waals surface area contributed by atoms with Gasteiger partial charge in [-0.05, 0) is 15.9 Å². The van der Waals surface area contributed by atoms with Crippen LogP contribution in [0.25, 0.3) is 0 Å². The summed E-state index contributed by atoms with van der Waals surface area (Å²) >= 11 is 3.05. The van der Waals surface area contributed by atoms with Crippen LogP contribution in [-0.4, -0.2) is 33.5 Å². The van der Waals surface area contributed by atoms with Gasteiger partial charge < -0.3 is 15.6 Å². The quantitative estimate of drug-likeness (QED) is 0.827. The van der Waals surface area contributed by atoms with Crippen molar-refractivity contribution in [1.29, 1.82) is 0 Å². The van der Waals surface area contributed by atoms with Gasteiger partial charge in [-0.25, -0.2) is 13.6 Å². The summed E-state index contributed by atoms with van der Waals surface area (Å²) in [4.78, 5) is 15.1. The molecule has 3 atom stereocenters. The lowest BCUT2D eigenvalue weighted by molar-refractivity contribution is -0.0376. The summed E-state index contributed by atoms with van der Waals surface area (Å²) in [6.07, 6.45) is -3.17. The molecular formula is C10H10BrF2N3O3. The van der Waals surface area contributed by atoms with Gasteiger partial charge in [0.15, 0.2) is 12.4 Å². The third-order valence-corrected chi connectivity index (χ3v) is 3.36. The largest absolute Gasteiger partial charge is 0.393 e. The van der Waals surface area contributed by atoms with E-state index in [1.165, 1.54) is 6.20 Å². The Labute approximate surface area is 114 Å². The van der Waals surface area contributed by atoms with Gasteiger partial charge in [-0.2, -0.15) is 4.98 Å². The van der Waals surface area contributed by atoms with Crippen molar-refractivity contribution in [2.24, 2.45) is 0 Å². The number of rotatable bonds is 2. The number of nitrogens with zero attached hydrogens (tertiary/aromatic N) is 2. The maximum atomic E-state index is 14.0. The molecule has 0 spiro atoms. The van der Waals surface area contributed by atoms with Crippen molar-refractivity contribution >= 4 is 21.7 Å². The molecule has 0 aliphatic carbocycles. The van der Waals surface area contributed by atoms with Gasteiger partial charge in [-0.15, -0.1) is 0 Å². The number of aliphatic hydroxyl groups excluding tert-OH is 1. The van der Waals surface area contributed by atoms with Crippen molar-refractivity contribution in [3.63, 3.8) is 0 Å². The van der Waals surface area contributed by atoms with E-state index in [0.29, 0.717) is 0 Å². The minimum atomic E-state index is -1.89. The number of halogens is 3. The van der Waals surface area contributed by atoms with E-state index in [2.05, 4.69) is 20.9 Å². The fourth-order valence-electron chi connectivity index (χ4n) is 1.78. The monoisotopic (exact) mass is 337 g/mol. The number of hydrogen-bond donors (Lipinski definition) is 2. The van der Waals surface area contributed by atoms with Crippen LogP contribution in [0.3, 0.4) is 0 Å². The van der Waals surface area contributed by atoms with Crippen molar-refractivity contribution in [3.05, 3.63) is 33.1 Å². The van der Waals surface area contributed by atoms with Crippen molar-refractivity contribution in [2.45, 2.75) is 18.5 Å². The van der Waals surface area contributed by atoms with E-state index in [0.717, 1.165) is 4.57 Å². The average Bonchev–Trinajstić information content (AvgIpc) is 2.70. The maximum Gasteiger partial charge on any atom is 0.351 e. The van der Waals surface area contributed by atoms with Crippen LogP contribution in [0.1, 0.15) is 6.23 Å². The second kappa shape index (κ2) is 5.35. The fourth-order valence-corrected chi connectivity index (χ4v) is 2.09. The molecule has 0 saturated carbocycles. The minimum Gasteiger partial charge on any atom is -0.393 e. The number of aromatic nitrogens is 2. The highest BCUT2D eigenvalue weighted by Gasteiger charge is 2.42. The number of nitrogens with two attached hydrogens (primary N) is 1. The smallest absolute Gasteiger partial charge is 0.351 e. The van der Waals surface area contributed by atoms with Crippen LogP contribution in [0.2, 0.25) is 0 Å². The Hall–Kier alpha value is -1.32. The molecule has 9 heteroatoms.